The summed E-state index contributed by atoms with van der Waals surface area (Å²) in [6.45, 7) is 0. The Bertz CT molecular complexity index is 714. The van der Waals surface area contributed by atoms with Gasteiger partial charge in [-0.15, -0.1) is 0 Å². The Kier molecular flexibility index (Phi) is 4.84. The van der Waals surface area contributed by atoms with Crippen molar-refractivity contribution in [3.05, 3.63) is 65.7 Å². The zero-order valence-corrected chi connectivity index (χ0v) is 11.5. The molecule has 0 saturated carbocycles. The second-order valence-electron chi connectivity index (χ2n) is 4.31. The smallest absolute Gasteiger partial charge is 0.274 e. The van der Waals surface area contributed by atoms with Crippen molar-refractivity contribution in [2.24, 2.45) is 10.7 Å². The molecule has 0 aliphatic heterocycles. The van der Waals surface area contributed by atoms with Crippen LogP contribution in [0.5, 0.6) is 0 Å². The summed E-state index contributed by atoms with van der Waals surface area (Å²) < 4.78 is 0. The van der Waals surface area contributed by atoms with E-state index < -0.39 is 5.91 Å². The van der Waals surface area contributed by atoms with E-state index in [9.17, 15) is 9.59 Å². The van der Waals surface area contributed by atoms with E-state index in [1.807, 2.05) is 0 Å². The van der Waals surface area contributed by atoms with E-state index >= 15 is 0 Å². The van der Waals surface area contributed by atoms with Gasteiger partial charge in [-0.2, -0.15) is 0 Å². The molecule has 5 N–H and O–H groups in total. The number of benzene rings is 2. The number of hydroxylamine groups is 1. The third-order valence-electron chi connectivity index (χ3n) is 2.74. The minimum atomic E-state index is -0.663. The number of guanidine groups is 1. The number of hydrogen-bond donors (Lipinski definition) is 4. The normalized spacial score (nSPS) is 10.9. The molecule has 7 heteroatoms. The first-order valence-corrected chi connectivity index (χ1v) is 6.35. The predicted molar refractivity (Wildman–Crippen MR) is 80.9 cm³/mol. The van der Waals surface area contributed by atoms with E-state index in [0.29, 0.717) is 11.3 Å². The number of carbonyl (C=O) groups excluding carboxylic acids is 2. The molecule has 7 nitrogen and oxygen atoms in total. The molecule has 0 aliphatic carbocycles. The molecule has 0 spiro atoms. The third-order valence-corrected chi connectivity index (χ3v) is 2.74. The average Bonchev–Trinajstić information content (AvgIpc) is 2.55. The first-order valence-electron chi connectivity index (χ1n) is 6.35. The van der Waals surface area contributed by atoms with Crippen LogP contribution in [0.1, 0.15) is 20.7 Å². The van der Waals surface area contributed by atoms with Gasteiger partial charge in [-0.1, -0.05) is 24.3 Å². The van der Waals surface area contributed by atoms with Gasteiger partial charge < -0.3 is 5.73 Å². The lowest BCUT2D eigenvalue weighted by Crippen LogP contribution is -2.36. The van der Waals surface area contributed by atoms with E-state index in [1.165, 1.54) is 17.6 Å². The lowest BCUT2D eigenvalue weighted by atomic mass is 10.2. The van der Waals surface area contributed by atoms with Crippen LogP contribution >= 0.6 is 0 Å². The summed E-state index contributed by atoms with van der Waals surface area (Å²) in [5.41, 5.74) is 8.23. The molecule has 22 heavy (non-hydrogen) atoms. The van der Waals surface area contributed by atoms with Gasteiger partial charge in [-0.25, -0.2) is 10.5 Å². The summed E-state index contributed by atoms with van der Waals surface area (Å²) in [5, 5.41) is 11.0. The van der Waals surface area contributed by atoms with Crippen LogP contribution in [0, 0.1) is 0 Å². The SMILES string of the molecule is NC(=Nc1cccc(C(=O)NO)c1)NC(=O)c1ccccc1. The lowest BCUT2D eigenvalue weighted by Gasteiger charge is -2.05. The highest BCUT2D eigenvalue weighted by Gasteiger charge is 2.07. The summed E-state index contributed by atoms with van der Waals surface area (Å²) in [6, 6.07) is 14.7. The molecular weight excluding hydrogens is 284 g/mol. The topological polar surface area (TPSA) is 117 Å². The van der Waals surface area contributed by atoms with Crippen LogP contribution < -0.4 is 16.5 Å². The van der Waals surface area contributed by atoms with Crippen LogP contribution in [0.15, 0.2) is 59.6 Å². The van der Waals surface area contributed by atoms with Crippen molar-refractivity contribution in [3.8, 4) is 0 Å². The number of nitrogens with one attached hydrogen (secondary N) is 2. The maximum atomic E-state index is 11.9. The highest BCUT2D eigenvalue weighted by molar-refractivity contribution is 6.05. The molecule has 2 amide bonds. The van der Waals surface area contributed by atoms with Crippen LogP contribution in [0.3, 0.4) is 0 Å². The van der Waals surface area contributed by atoms with Gasteiger partial charge in [0.2, 0.25) is 5.96 Å². The average molecular weight is 298 g/mol. The molecule has 112 valence electrons. The molecular formula is C15H14N4O3. The first-order chi connectivity index (χ1) is 10.6. The molecule has 0 atom stereocenters. The zero-order chi connectivity index (χ0) is 15.9. The molecule has 2 aromatic carbocycles. The number of aliphatic imine (C=N–C) groups is 1. The Morgan fingerprint density at radius 1 is 0.955 bits per heavy atom. The van der Waals surface area contributed by atoms with Gasteiger partial charge in [0, 0.05) is 11.1 Å². The maximum Gasteiger partial charge on any atom is 0.274 e. The van der Waals surface area contributed by atoms with E-state index in [0.717, 1.165) is 0 Å². The van der Waals surface area contributed by atoms with E-state index in [1.54, 1.807) is 42.5 Å². The van der Waals surface area contributed by atoms with E-state index in [4.69, 9.17) is 10.9 Å². The first kappa shape index (κ1) is 15.2. The minimum Gasteiger partial charge on any atom is -0.369 e. The maximum absolute atomic E-state index is 11.9. The molecule has 0 heterocycles. The Balaban J connectivity index is 2.12. The van der Waals surface area contributed by atoms with Crippen LogP contribution in [0.2, 0.25) is 0 Å². The van der Waals surface area contributed by atoms with Crippen LogP contribution in [-0.2, 0) is 0 Å². The van der Waals surface area contributed by atoms with Crippen LogP contribution in [-0.4, -0.2) is 23.0 Å². The predicted octanol–water partition coefficient (Wildman–Crippen LogP) is 1.18. The lowest BCUT2D eigenvalue weighted by molar-refractivity contribution is 0.0706. The highest BCUT2D eigenvalue weighted by atomic mass is 16.5. The van der Waals surface area contributed by atoms with Gasteiger partial charge in [-0.3, -0.25) is 20.1 Å². The fourth-order valence-electron chi connectivity index (χ4n) is 1.73. The van der Waals surface area contributed by atoms with Crippen molar-refractivity contribution in [1.29, 1.82) is 0 Å². The Labute approximate surface area is 126 Å². The van der Waals surface area contributed by atoms with Gasteiger partial charge in [0.1, 0.15) is 0 Å². The molecule has 2 aromatic rings. The highest BCUT2D eigenvalue weighted by Crippen LogP contribution is 2.13. The fraction of sp³-hybridized carbons (Fsp3) is 0. The molecule has 0 unspecified atom stereocenters. The fourth-order valence-corrected chi connectivity index (χ4v) is 1.73. The molecule has 0 bridgehead atoms. The molecule has 0 aliphatic rings. The van der Waals surface area contributed by atoms with Crippen molar-refractivity contribution >= 4 is 23.5 Å². The van der Waals surface area contributed by atoms with Crippen LogP contribution in [0.4, 0.5) is 5.69 Å². The summed E-state index contributed by atoms with van der Waals surface area (Å²) in [5.74, 6) is -1.15. The number of hydrogen-bond acceptors (Lipinski definition) is 4. The van der Waals surface area contributed by atoms with Crippen molar-refractivity contribution in [1.82, 2.24) is 10.8 Å². The molecule has 2 rings (SSSR count). The van der Waals surface area contributed by atoms with Gasteiger partial charge in [0.05, 0.1) is 5.69 Å². The molecule has 0 fully saturated rings. The Hall–Kier alpha value is -3.19. The number of rotatable bonds is 3. The van der Waals surface area contributed by atoms with Crippen LogP contribution in [0.25, 0.3) is 0 Å². The number of nitrogens with two attached hydrogens (primary N) is 1. The molecule has 0 aromatic heterocycles. The van der Waals surface area contributed by atoms with Crippen molar-refractivity contribution in [2.45, 2.75) is 0 Å². The Morgan fingerprint density at radius 2 is 1.64 bits per heavy atom. The van der Waals surface area contributed by atoms with Crippen molar-refractivity contribution in [3.63, 3.8) is 0 Å². The largest absolute Gasteiger partial charge is 0.369 e. The quantitative estimate of drug-likeness (QED) is 0.294. The van der Waals surface area contributed by atoms with Gasteiger partial charge in [-0.05, 0) is 30.3 Å². The van der Waals surface area contributed by atoms with Crippen molar-refractivity contribution in [2.75, 3.05) is 0 Å². The minimum absolute atomic E-state index is 0.101. The Morgan fingerprint density at radius 3 is 2.32 bits per heavy atom. The number of carbonyl (C=O) groups is 2. The van der Waals surface area contributed by atoms with E-state index in [-0.39, 0.29) is 17.4 Å². The standard InChI is InChI=1S/C15H14N4O3/c16-15(18-13(20)10-5-2-1-3-6-10)17-12-8-4-7-11(9-12)14(21)19-22/h1-9,22H,(H,19,21)(H3,16,17,18,20). The summed E-state index contributed by atoms with van der Waals surface area (Å²) in [4.78, 5) is 27.2. The molecule has 0 saturated heterocycles. The number of nitrogens with zero attached hydrogens (tertiary/aromatic N) is 1. The summed E-state index contributed by atoms with van der Waals surface area (Å²) in [6.07, 6.45) is 0. The second kappa shape index (κ2) is 7.00. The van der Waals surface area contributed by atoms with Crippen molar-refractivity contribution < 1.29 is 14.8 Å². The third kappa shape index (κ3) is 3.90. The van der Waals surface area contributed by atoms with E-state index in [2.05, 4.69) is 10.3 Å². The summed E-state index contributed by atoms with van der Waals surface area (Å²) >= 11 is 0. The van der Waals surface area contributed by atoms with Gasteiger partial charge >= 0.3 is 0 Å². The number of amides is 2. The second-order valence-corrected chi connectivity index (χ2v) is 4.31. The monoisotopic (exact) mass is 298 g/mol. The van der Waals surface area contributed by atoms with Gasteiger partial charge in [0.15, 0.2) is 0 Å². The summed E-state index contributed by atoms with van der Waals surface area (Å²) in [7, 11) is 0. The molecule has 0 radical (unpaired) electrons. The zero-order valence-electron chi connectivity index (χ0n) is 11.5. The van der Waals surface area contributed by atoms with Gasteiger partial charge in [0.25, 0.3) is 11.8 Å².